The number of benzene rings is 2. The fourth-order valence-corrected chi connectivity index (χ4v) is 3.23. The molecule has 1 aliphatic rings. The second-order valence-corrected chi connectivity index (χ2v) is 8.76. The van der Waals surface area contributed by atoms with E-state index in [-0.39, 0.29) is 17.4 Å². The topological polar surface area (TPSA) is 97.0 Å². The molecule has 2 aromatic carbocycles. The van der Waals surface area contributed by atoms with Crippen LogP contribution in [0.3, 0.4) is 0 Å². The lowest BCUT2D eigenvalue weighted by Gasteiger charge is -2.27. The zero-order valence-electron chi connectivity index (χ0n) is 15.8. The van der Waals surface area contributed by atoms with E-state index in [1.807, 2.05) is 0 Å². The van der Waals surface area contributed by atoms with Crippen molar-refractivity contribution in [2.24, 2.45) is 10.7 Å². The SMILES string of the molecule is CN1C(=O)C(c2ccc(OC(F)F)cc2)(c2cccc(NC(=O)C(Cl)(Cl)Cl)c2)N=C1N. The number of carbonyl (C=O) groups excluding carboxylic acids is 2. The molecule has 1 aliphatic heterocycles. The number of aliphatic imine (C=N–C) groups is 1. The van der Waals surface area contributed by atoms with Crippen LogP contribution in [0, 0.1) is 0 Å². The van der Waals surface area contributed by atoms with E-state index in [1.54, 1.807) is 12.1 Å². The Balaban J connectivity index is 2.09. The molecule has 0 saturated carbocycles. The summed E-state index contributed by atoms with van der Waals surface area (Å²) in [6, 6.07) is 11.6. The van der Waals surface area contributed by atoms with Gasteiger partial charge < -0.3 is 15.8 Å². The number of hydrogen-bond donors (Lipinski definition) is 2. The molecule has 31 heavy (non-hydrogen) atoms. The van der Waals surface area contributed by atoms with Gasteiger partial charge in [0, 0.05) is 12.7 Å². The van der Waals surface area contributed by atoms with Crippen molar-refractivity contribution >= 4 is 58.3 Å². The van der Waals surface area contributed by atoms with Crippen molar-refractivity contribution in [1.82, 2.24) is 4.90 Å². The number of carbonyl (C=O) groups is 2. The second kappa shape index (κ2) is 8.49. The van der Waals surface area contributed by atoms with E-state index in [0.29, 0.717) is 11.1 Å². The van der Waals surface area contributed by atoms with Gasteiger partial charge in [0.25, 0.3) is 15.6 Å². The standard InChI is InChI=1S/C19H15Cl3F2N4O3/c1-28-15(30)18(27-17(28)25,10-5-7-13(8-6-10)31-16(23)24)11-3-2-4-12(9-11)26-14(29)19(20,21)22/h2-9,16H,1H3,(H2,25,27)(H,26,29). The summed E-state index contributed by atoms with van der Waals surface area (Å²) in [5.41, 5.74) is 5.20. The van der Waals surface area contributed by atoms with Gasteiger partial charge in [0.15, 0.2) is 11.5 Å². The van der Waals surface area contributed by atoms with Crippen molar-refractivity contribution in [1.29, 1.82) is 0 Å². The molecule has 0 radical (unpaired) electrons. The first-order chi connectivity index (χ1) is 14.4. The summed E-state index contributed by atoms with van der Waals surface area (Å²) in [7, 11) is 1.45. The monoisotopic (exact) mass is 490 g/mol. The molecule has 3 N–H and O–H groups in total. The Bertz CT molecular complexity index is 1040. The van der Waals surface area contributed by atoms with E-state index in [2.05, 4.69) is 15.0 Å². The highest BCUT2D eigenvalue weighted by molar-refractivity contribution is 6.76. The molecule has 0 spiro atoms. The van der Waals surface area contributed by atoms with Gasteiger partial charge in [-0.1, -0.05) is 59.1 Å². The normalized spacial score (nSPS) is 18.9. The zero-order valence-corrected chi connectivity index (χ0v) is 18.1. The second-order valence-electron chi connectivity index (χ2n) is 6.48. The highest BCUT2D eigenvalue weighted by atomic mass is 35.6. The number of nitrogens with one attached hydrogen (secondary N) is 1. The van der Waals surface area contributed by atoms with Gasteiger partial charge in [-0.05, 0) is 35.4 Å². The van der Waals surface area contributed by atoms with Crippen LogP contribution in [0.15, 0.2) is 53.5 Å². The first-order valence-corrected chi connectivity index (χ1v) is 9.76. The van der Waals surface area contributed by atoms with Crippen molar-refractivity contribution in [2.75, 3.05) is 12.4 Å². The largest absolute Gasteiger partial charge is 0.435 e. The van der Waals surface area contributed by atoms with E-state index < -0.39 is 27.8 Å². The summed E-state index contributed by atoms with van der Waals surface area (Å²) >= 11 is 16.8. The summed E-state index contributed by atoms with van der Waals surface area (Å²) in [4.78, 5) is 30.8. The van der Waals surface area contributed by atoms with Crippen LogP contribution in [-0.2, 0) is 15.1 Å². The number of nitrogens with zero attached hydrogens (tertiary/aromatic N) is 2. The van der Waals surface area contributed by atoms with Crippen LogP contribution in [0.1, 0.15) is 11.1 Å². The molecule has 1 unspecified atom stereocenters. The fraction of sp³-hybridized carbons (Fsp3) is 0.211. The molecule has 0 saturated heterocycles. The molecule has 0 bridgehead atoms. The van der Waals surface area contributed by atoms with Crippen LogP contribution in [-0.4, -0.2) is 40.1 Å². The van der Waals surface area contributed by atoms with E-state index >= 15 is 0 Å². The van der Waals surface area contributed by atoms with Crippen LogP contribution in [0.25, 0.3) is 0 Å². The van der Waals surface area contributed by atoms with Gasteiger partial charge in [-0.2, -0.15) is 8.78 Å². The Labute approximate surface area is 190 Å². The third kappa shape index (κ3) is 4.53. The average Bonchev–Trinajstić information content (AvgIpc) is 2.92. The molecule has 1 heterocycles. The van der Waals surface area contributed by atoms with Crippen LogP contribution < -0.4 is 15.8 Å². The maximum atomic E-state index is 13.2. The van der Waals surface area contributed by atoms with Crippen molar-refractivity contribution in [3.05, 3.63) is 59.7 Å². The molecule has 2 amide bonds. The van der Waals surface area contributed by atoms with Crippen molar-refractivity contribution in [2.45, 2.75) is 15.9 Å². The number of alkyl halides is 5. The number of hydrogen-bond acceptors (Lipinski definition) is 5. The molecule has 0 aromatic heterocycles. The predicted molar refractivity (Wildman–Crippen MR) is 114 cm³/mol. The molecular weight excluding hydrogens is 477 g/mol. The van der Waals surface area contributed by atoms with Crippen LogP contribution in [0.2, 0.25) is 0 Å². The first-order valence-electron chi connectivity index (χ1n) is 8.62. The van der Waals surface area contributed by atoms with E-state index in [0.717, 1.165) is 4.90 Å². The lowest BCUT2D eigenvalue weighted by molar-refractivity contribution is -0.129. The Kier molecular flexibility index (Phi) is 6.31. The number of rotatable bonds is 5. The van der Waals surface area contributed by atoms with Crippen LogP contribution in [0.4, 0.5) is 14.5 Å². The minimum Gasteiger partial charge on any atom is -0.435 e. The summed E-state index contributed by atoms with van der Waals surface area (Å²) in [6.45, 7) is -2.99. The summed E-state index contributed by atoms with van der Waals surface area (Å²) in [5, 5.41) is 2.44. The van der Waals surface area contributed by atoms with Crippen LogP contribution >= 0.6 is 34.8 Å². The van der Waals surface area contributed by atoms with E-state index in [1.165, 1.54) is 43.4 Å². The van der Waals surface area contributed by atoms with Crippen LogP contribution in [0.5, 0.6) is 5.75 Å². The quantitative estimate of drug-likeness (QED) is 0.624. The predicted octanol–water partition coefficient (Wildman–Crippen LogP) is 3.63. The number of amides is 2. The van der Waals surface area contributed by atoms with Gasteiger partial charge >= 0.3 is 6.61 Å². The summed E-state index contributed by atoms with van der Waals surface area (Å²) in [5.74, 6) is -1.52. The first kappa shape index (κ1) is 23.1. The minimum atomic E-state index is -2.99. The maximum Gasteiger partial charge on any atom is 0.387 e. The Hall–Kier alpha value is -2.62. The molecule has 1 atom stereocenters. The molecule has 3 rings (SSSR count). The third-order valence-electron chi connectivity index (χ3n) is 4.53. The Morgan fingerprint density at radius 1 is 1.19 bits per heavy atom. The summed E-state index contributed by atoms with van der Waals surface area (Å²) in [6.07, 6.45) is 0. The van der Waals surface area contributed by atoms with Crippen molar-refractivity contribution in [3.8, 4) is 5.75 Å². The van der Waals surface area contributed by atoms with E-state index in [9.17, 15) is 18.4 Å². The number of nitrogens with two attached hydrogens (primary N) is 1. The van der Waals surface area contributed by atoms with Gasteiger partial charge in [-0.25, -0.2) is 4.99 Å². The van der Waals surface area contributed by atoms with E-state index in [4.69, 9.17) is 40.5 Å². The fourth-order valence-electron chi connectivity index (χ4n) is 3.09. The number of guanidine groups is 1. The molecule has 7 nitrogen and oxygen atoms in total. The van der Waals surface area contributed by atoms with Gasteiger partial charge in [-0.3, -0.25) is 14.5 Å². The van der Waals surface area contributed by atoms with Crippen molar-refractivity contribution < 1.29 is 23.1 Å². The number of ether oxygens (including phenoxy) is 1. The lowest BCUT2D eigenvalue weighted by Crippen LogP contribution is -2.41. The van der Waals surface area contributed by atoms with Gasteiger partial charge in [0.1, 0.15) is 5.75 Å². The Morgan fingerprint density at radius 3 is 2.35 bits per heavy atom. The lowest BCUT2D eigenvalue weighted by atomic mass is 9.82. The van der Waals surface area contributed by atoms with Gasteiger partial charge in [-0.15, -0.1) is 0 Å². The molecule has 164 valence electrons. The summed E-state index contributed by atoms with van der Waals surface area (Å²) < 4.78 is 27.1. The third-order valence-corrected chi connectivity index (χ3v) is 5.05. The molecule has 0 fully saturated rings. The van der Waals surface area contributed by atoms with Crippen molar-refractivity contribution in [3.63, 3.8) is 0 Å². The number of anilines is 1. The average molecular weight is 492 g/mol. The van der Waals surface area contributed by atoms with Gasteiger partial charge in [0.05, 0.1) is 0 Å². The number of likely N-dealkylation sites (N-methyl/N-ethyl adjacent to an activating group) is 1. The highest BCUT2D eigenvalue weighted by Crippen LogP contribution is 2.41. The Morgan fingerprint density at radius 2 is 1.84 bits per heavy atom. The maximum absolute atomic E-state index is 13.2. The number of halogens is 5. The highest BCUT2D eigenvalue weighted by Gasteiger charge is 2.49. The zero-order chi connectivity index (χ0) is 23.0. The molecular formula is C19H15Cl3F2N4O3. The molecule has 0 aliphatic carbocycles. The van der Waals surface area contributed by atoms with Gasteiger partial charge in [0.2, 0.25) is 0 Å². The minimum absolute atomic E-state index is 0.0476. The molecule has 12 heteroatoms. The molecule has 2 aromatic rings. The smallest absolute Gasteiger partial charge is 0.387 e.